The van der Waals surface area contributed by atoms with Gasteiger partial charge in [-0.3, -0.25) is 29.0 Å². The Morgan fingerprint density at radius 1 is 1.15 bits per heavy atom. The summed E-state index contributed by atoms with van der Waals surface area (Å²) in [4.78, 5) is 83.0. The van der Waals surface area contributed by atoms with Crippen molar-refractivity contribution in [1.82, 2.24) is 40.4 Å². The summed E-state index contributed by atoms with van der Waals surface area (Å²) in [5.74, 6) is -3.79. The molecule has 1 aromatic heterocycles. The molecule has 3 aliphatic rings. The van der Waals surface area contributed by atoms with Gasteiger partial charge in [0, 0.05) is 31.1 Å². The van der Waals surface area contributed by atoms with Gasteiger partial charge < -0.3 is 25.5 Å². The molecule has 6 amide bonds. The van der Waals surface area contributed by atoms with E-state index < -0.39 is 58.3 Å². The number of hydrogen-bond donors (Lipinski definition) is 4. The first kappa shape index (κ1) is 35.3. The Bertz CT molecular complexity index is 1630. The maximum atomic E-state index is 13.9. The number of fused-ring (bicyclic) bond motifs is 1. The predicted molar refractivity (Wildman–Crippen MR) is 174 cm³/mol. The highest BCUT2D eigenvalue weighted by Gasteiger charge is 2.66. The van der Waals surface area contributed by atoms with Crippen LogP contribution in [0, 0.1) is 0 Å². The Kier molecular flexibility index (Phi) is 10.4. The van der Waals surface area contributed by atoms with E-state index in [0.29, 0.717) is 23.4 Å². The lowest BCUT2D eigenvalue weighted by Crippen LogP contribution is -2.85. The zero-order valence-electron chi connectivity index (χ0n) is 26.4. The molecule has 2 fully saturated rings. The summed E-state index contributed by atoms with van der Waals surface area (Å²) in [5.41, 5.74) is -0.110. The minimum Gasteiger partial charge on any atom is -0.455 e. The van der Waals surface area contributed by atoms with Gasteiger partial charge in [-0.1, -0.05) is 34.8 Å². The second-order valence-corrected chi connectivity index (χ2v) is 15.0. The van der Waals surface area contributed by atoms with Crippen molar-refractivity contribution in [3.63, 3.8) is 0 Å². The van der Waals surface area contributed by atoms with Crippen LogP contribution in [-0.4, -0.2) is 113 Å². The minimum absolute atomic E-state index is 0.00564. The molecule has 1 aromatic carbocycles. The van der Waals surface area contributed by atoms with Crippen LogP contribution < -0.4 is 16.1 Å². The molecule has 48 heavy (non-hydrogen) atoms. The molecule has 1 unspecified atom stereocenters. The van der Waals surface area contributed by atoms with Crippen molar-refractivity contribution >= 4 is 70.7 Å². The zero-order chi connectivity index (χ0) is 34.8. The fourth-order valence-electron chi connectivity index (χ4n) is 5.26. The number of amides is 6. The number of imide groups is 1. The molecule has 256 valence electrons. The van der Waals surface area contributed by atoms with Crippen molar-refractivity contribution in [1.29, 1.82) is 0 Å². The number of urea groups is 1. The second-order valence-electron chi connectivity index (χ2n) is 11.9. The molecule has 5 rings (SSSR count). The normalized spacial score (nSPS) is 21.8. The van der Waals surface area contributed by atoms with Crippen molar-refractivity contribution in [2.75, 3.05) is 31.1 Å². The Morgan fingerprint density at radius 2 is 1.88 bits per heavy atom. The van der Waals surface area contributed by atoms with Crippen LogP contribution in [0.3, 0.4) is 0 Å². The zero-order valence-corrected chi connectivity index (χ0v) is 28.9. The van der Waals surface area contributed by atoms with E-state index in [2.05, 4.69) is 20.2 Å². The van der Waals surface area contributed by atoms with E-state index in [0.717, 1.165) is 9.11 Å². The maximum Gasteiger partial charge on any atom is 0.355 e. The molecule has 0 aliphatic carbocycles. The molecule has 4 heterocycles. The molecule has 0 spiro atoms. The molecule has 0 bridgehead atoms. The van der Waals surface area contributed by atoms with Crippen LogP contribution >= 0.6 is 35.1 Å². The number of ether oxygens (including phenoxy) is 1. The van der Waals surface area contributed by atoms with Crippen molar-refractivity contribution in [3.05, 3.63) is 53.4 Å². The summed E-state index contributed by atoms with van der Waals surface area (Å²) in [5, 5.41) is 18.3. The van der Waals surface area contributed by atoms with Gasteiger partial charge >= 0.3 is 23.8 Å². The average Bonchev–Trinajstić information content (AvgIpc) is 3.59. The van der Waals surface area contributed by atoms with Gasteiger partial charge in [0.15, 0.2) is 0 Å². The summed E-state index contributed by atoms with van der Waals surface area (Å²) in [7, 11) is 0. The van der Waals surface area contributed by atoms with Gasteiger partial charge in [0.2, 0.25) is 11.6 Å². The number of piperazine rings is 1. The SMILES string of the molecule is CCN1CCN(C(=O)NC(C(=O)N[C@]2(NO)C(=O)N3C(C(=O)OC(C)(C)C)=C(CSc4cnns4)CS[C@@H]32)c2ccccc2)C(=O)C1=O. The molecule has 4 N–H and O–H groups in total. The number of hydroxylamine groups is 1. The number of β-lactam (4-membered cyclic amide) rings is 1. The first-order valence-corrected chi connectivity index (χ1v) is 17.6. The van der Waals surface area contributed by atoms with E-state index in [9.17, 15) is 34.0 Å². The summed E-state index contributed by atoms with van der Waals surface area (Å²) >= 11 is 3.78. The van der Waals surface area contributed by atoms with Gasteiger partial charge in [0.05, 0.1) is 6.20 Å². The van der Waals surface area contributed by atoms with E-state index in [-0.39, 0.29) is 24.5 Å². The molecule has 3 atom stereocenters. The van der Waals surface area contributed by atoms with E-state index in [1.165, 1.54) is 44.9 Å². The van der Waals surface area contributed by atoms with E-state index in [4.69, 9.17) is 4.74 Å². The highest BCUT2D eigenvalue weighted by Crippen LogP contribution is 2.46. The van der Waals surface area contributed by atoms with Gasteiger partial charge in [-0.15, -0.1) is 28.6 Å². The number of carbonyl (C=O) groups excluding carboxylic acids is 6. The van der Waals surface area contributed by atoms with Crippen molar-refractivity contribution in [2.45, 2.75) is 54.6 Å². The highest BCUT2D eigenvalue weighted by atomic mass is 32.2. The number of likely N-dealkylation sites (N-methyl/N-ethyl adjacent to an activating group) is 1. The highest BCUT2D eigenvalue weighted by molar-refractivity contribution is 8.01. The Balaban J connectivity index is 1.40. The fourth-order valence-corrected chi connectivity index (χ4v) is 8.23. The molecule has 16 nitrogen and oxygen atoms in total. The van der Waals surface area contributed by atoms with Crippen LogP contribution in [0.2, 0.25) is 0 Å². The van der Waals surface area contributed by atoms with Crippen LogP contribution in [0.4, 0.5) is 4.79 Å². The summed E-state index contributed by atoms with van der Waals surface area (Å²) in [6.45, 7) is 7.14. The summed E-state index contributed by atoms with van der Waals surface area (Å²) < 4.78 is 10.3. The monoisotopic (exact) mass is 718 g/mol. The molecule has 2 aromatic rings. The second kappa shape index (κ2) is 14.2. The number of hydrogen-bond acceptors (Lipinski definition) is 14. The van der Waals surface area contributed by atoms with Gasteiger partial charge in [-0.2, -0.15) is 5.48 Å². The Labute approximate surface area is 288 Å². The number of benzene rings is 1. The molecule has 0 radical (unpaired) electrons. The predicted octanol–water partition coefficient (Wildman–Crippen LogP) is 1.07. The number of nitrogens with zero attached hydrogens (tertiary/aromatic N) is 5. The average molecular weight is 719 g/mol. The number of thioether (sulfide) groups is 2. The number of rotatable bonds is 10. The van der Waals surface area contributed by atoms with Crippen LogP contribution in [0.5, 0.6) is 0 Å². The fraction of sp³-hybridized carbons (Fsp3) is 0.448. The topological polar surface area (TPSA) is 203 Å². The van der Waals surface area contributed by atoms with E-state index in [1.54, 1.807) is 64.2 Å². The van der Waals surface area contributed by atoms with Crippen LogP contribution in [0.25, 0.3) is 0 Å². The third kappa shape index (κ3) is 6.91. The molecular weight excluding hydrogens is 685 g/mol. The standard InChI is InChI=1S/C29H34N8O8S3/c1-5-35-11-12-36(23(40)22(35)39)27(43)31-19(16-9-7-6-8-10-16)21(38)32-29(33-44)25(42)37-20(24(41)45-28(2,3)4)17(15-47-26(29)37)14-46-18-13-30-34-48-18/h6-10,13,19,26,33,44H,5,11-12,14-15H2,1-4H3,(H,31,43)(H,32,38)/t19?,26-,29+/m1/s1. The van der Waals surface area contributed by atoms with Crippen molar-refractivity contribution < 1.29 is 38.7 Å². The third-order valence-electron chi connectivity index (χ3n) is 7.57. The number of nitrogens with one attached hydrogen (secondary N) is 3. The van der Waals surface area contributed by atoms with Crippen molar-refractivity contribution in [3.8, 4) is 0 Å². The van der Waals surface area contributed by atoms with Crippen LogP contribution in [-0.2, 0) is 28.7 Å². The van der Waals surface area contributed by atoms with Crippen LogP contribution in [0.15, 0.2) is 52.0 Å². The maximum absolute atomic E-state index is 13.9. The van der Waals surface area contributed by atoms with Crippen LogP contribution in [0.1, 0.15) is 39.3 Å². The first-order valence-electron chi connectivity index (χ1n) is 14.8. The summed E-state index contributed by atoms with van der Waals surface area (Å²) in [6, 6.07) is 5.63. The summed E-state index contributed by atoms with van der Waals surface area (Å²) in [6.07, 6.45) is 1.59. The van der Waals surface area contributed by atoms with Gasteiger partial charge in [0.1, 0.15) is 26.9 Å². The lowest BCUT2D eigenvalue weighted by atomic mass is 9.94. The smallest absolute Gasteiger partial charge is 0.355 e. The van der Waals surface area contributed by atoms with Crippen molar-refractivity contribution in [2.24, 2.45) is 0 Å². The molecule has 0 saturated carbocycles. The van der Waals surface area contributed by atoms with E-state index >= 15 is 0 Å². The first-order chi connectivity index (χ1) is 22.8. The number of carbonyl (C=O) groups is 6. The van der Waals surface area contributed by atoms with Gasteiger partial charge in [-0.05, 0) is 50.4 Å². The molecule has 19 heteroatoms. The molecule has 2 saturated heterocycles. The van der Waals surface area contributed by atoms with E-state index in [1.807, 2.05) is 5.48 Å². The molecular formula is C29H34N8O8S3. The minimum atomic E-state index is -2.09. The lowest BCUT2D eigenvalue weighted by molar-refractivity contribution is -0.174. The van der Waals surface area contributed by atoms with Gasteiger partial charge in [0.25, 0.3) is 5.91 Å². The quantitative estimate of drug-likeness (QED) is 0.0679. The molecule has 3 aliphatic heterocycles. The Hall–Kier alpha value is -4.04. The Morgan fingerprint density at radius 3 is 2.50 bits per heavy atom. The lowest BCUT2D eigenvalue weighted by Gasteiger charge is -2.56. The largest absolute Gasteiger partial charge is 0.455 e. The van der Waals surface area contributed by atoms with Gasteiger partial charge in [-0.25, -0.2) is 9.59 Å². The number of esters is 1. The third-order valence-corrected chi connectivity index (χ3v) is 10.9. The number of aromatic nitrogens is 2.